The molecule has 0 spiro atoms. The van der Waals surface area contributed by atoms with Gasteiger partial charge >= 0.3 is 114 Å². The Morgan fingerprint density at radius 1 is 0.632 bits per heavy atom. The predicted molar refractivity (Wildman–Crippen MR) is 361 cm³/mol. The van der Waals surface area contributed by atoms with Gasteiger partial charge in [0.25, 0.3) is 0 Å². The van der Waals surface area contributed by atoms with Crippen molar-refractivity contribution in [2.75, 3.05) is 21.3 Å². The summed E-state index contributed by atoms with van der Waals surface area (Å²) in [5.74, 6) is 1.57. The molecule has 10 aromatic heterocycles. The van der Waals surface area contributed by atoms with E-state index in [0.717, 1.165) is 86.6 Å². The molecular formula is C43H58Ar3Br2I6N15O3P2V2-2. The zero-order chi connectivity index (χ0) is 55.7. The molecule has 0 radical (unpaired) electrons. The first kappa shape index (κ1) is 88.6. The van der Waals surface area contributed by atoms with Crippen LogP contribution in [0.15, 0.2) is 109 Å². The molecule has 0 amide bonds. The molecule has 0 bridgehead atoms. The number of aromatic amines is 3. The minimum Gasteiger partial charge on any atom is -0.346 e. The molecule has 0 aromatic carbocycles. The summed E-state index contributed by atoms with van der Waals surface area (Å²) in [4.78, 5) is 48.3. The number of aromatic nitrogens is 15. The maximum atomic E-state index is 7.00. The predicted octanol–water partition coefficient (Wildman–Crippen LogP) is 15.5. The van der Waals surface area contributed by atoms with Gasteiger partial charge in [-0.1, -0.05) is 56.7 Å². The van der Waals surface area contributed by atoms with Crippen molar-refractivity contribution in [3.8, 4) is 11.5 Å². The molecule has 33 heteroatoms. The molecule has 0 saturated carbocycles. The molecule has 2 atom stereocenters. The van der Waals surface area contributed by atoms with Crippen LogP contribution in [0.4, 0.5) is 0 Å². The van der Waals surface area contributed by atoms with Crippen LogP contribution >= 0.6 is 173 Å². The van der Waals surface area contributed by atoms with Gasteiger partial charge in [-0.25, -0.2) is 49.8 Å². The zero-order valence-corrected chi connectivity index (χ0v) is 65.5. The fourth-order valence-electron chi connectivity index (χ4n) is 4.70. The van der Waals surface area contributed by atoms with Gasteiger partial charge in [-0.05, 0) is 56.7 Å². The molecule has 0 aliphatic rings. The van der Waals surface area contributed by atoms with Crippen LogP contribution in [0.2, 0.25) is 0 Å². The molecule has 0 fully saturated rings. The Hall–Kier alpha value is 3.81. The summed E-state index contributed by atoms with van der Waals surface area (Å²) in [5.41, 5.74) is 4.33. The summed E-state index contributed by atoms with van der Waals surface area (Å²) >= 11 is 21.2. The number of nitrogens with zero attached hydrogens (tertiary/aromatic N) is 12. The van der Waals surface area contributed by atoms with E-state index in [4.69, 9.17) is 14.6 Å². The first-order chi connectivity index (χ1) is 35.2. The average Bonchev–Trinajstić information content (AvgIpc) is 4.26. The second-order valence-electron chi connectivity index (χ2n) is 12.4. The third-order valence-corrected chi connectivity index (χ3v) is 9.26. The number of H-pyrrole nitrogens is 3. The van der Waals surface area contributed by atoms with E-state index in [1.807, 2.05) is 39.5 Å². The summed E-state index contributed by atoms with van der Waals surface area (Å²) < 4.78 is 16.7. The number of hydrogen-bond donors (Lipinski definition) is 4. The molecule has 4 N–H and O–H groups in total. The monoisotopic (exact) mass is 2040 g/mol. The number of alkyl halides is 1. The fourth-order valence-corrected chi connectivity index (χ4v) is 6.52. The summed E-state index contributed by atoms with van der Waals surface area (Å²) in [6.45, 7) is 18.6. The number of rotatable bonds is 2. The maximum Gasteiger partial charge on any atom is 0.140 e. The average molecular weight is 2040 g/mol. The normalized spacial score (nSPS) is 8.89. The summed E-state index contributed by atoms with van der Waals surface area (Å²) in [5, 5.41) is 11.9. The molecule has 0 saturated heterocycles. The first-order valence-corrected chi connectivity index (χ1v) is 47.0. The van der Waals surface area contributed by atoms with E-state index in [9.17, 15) is 0 Å². The van der Waals surface area contributed by atoms with Crippen molar-refractivity contribution in [3.63, 3.8) is 0 Å². The van der Waals surface area contributed by atoms with Crippen LogP contribution in [-0.2, 0) is 14.4 Å². The van der Waals surface area contributed by atoms with Crippen molar-refractivity contribution in [1.29, 1.82) is 0 Å². The minimum absolute atomic E-state index is 0. The fraction of sp³-hybridized carbons (Fsp3) is 0.256. The number of hydrogen-bond acceptors (Lipinski definition) is 13. The standard InChI is InChI=1S/C7H8N3OP.C7H7N3O.C6H5BrN3P.C6H4BrN3.C6H5N3.C3H7I.C3H8.2C2H5.CH4O.3Ar.5HI.2V/c1-11-6-3-10(12)7-5(6)2-8-4-9-7;1-11-6-3-9-7-5(6)2-8-4-10-7;7-5-2-10(11)6-4(5)1-8-3-9-6;7-5-2-9-6-4(5)1-8-3-10-6;1-2-8-6-5(1)3-7-4-9-6;1-3(2)4;1-3-2;3*1-2;;;;;;;;;;/h2-4H,12H2,1H3;2-4H,1H3,(H,8,9,10);1-3H,11H2;1-3H,(H,8,9,10);1-4H,(H,7,8,9);3H,1-2H3;3H2,1-2H3;2*1H2,2H3;2H,1H3;;;;5*1H;;/q;;;;;;;2*-1;;;;;;;;;;+2;+3/p-5. The minimum atomic E-state index is -0.278. The van der Waals surface area contributed by atoms with E-state index >= 15 is 0 Å². The Balaban J connectivity index is -0.000000253. The van der Waals surface area contributed by atoms with Crippen molar-refractivity contribution in [3.05, 3.63) is 122 Å². The van der Waals surface area contributed by atoms with Gasteiger partial charge in [0.05, 0.1) is 42.0 Å². The van der Waals surface area contributed by atoms with Gasteiger partial charge in [-0.3, -0.25) is 0 Å². The molecule has 425 valence electrons. The van der Waals surface area contributed by atoms with Crippen molar-refractivity contribution in [2.24, 2.45) is 0 Å². The third-order valence-electron chi connectivity index (χ3n) is 7.19. The van der Waals surface area contributed by atoms with Gasteiger partial charge in [0.15, 0.2) is 0 Å². The molecule has 18 nitrogen and oxygen atoms in total. The van der Waals surface area contributed by atoms with Crippen LogP contribution in [0, 0.1) is 127 Å². The third kappa shape index (κ3) is 37.4. The Morgan fingerprint density at radius 3 is 1.45 bits per heavy atom. The molecular weight excluding hydrogens is 1980 g/mol. The topological polar surface area (TPSA) is 225 Å². The van der Waals surface area contributed by atoms with Gasteiger partial charge in [0.1, 0.15) is 71.4 Å². The Morgan fingerprint density at radius 2 is 1.00 bits per heavy atom. The Bertz CT molecular complexity index is 2840. The summed E-state index contributed by atoms with van der Waals surface area (Å²) in [7, 11) is 9.98. The van der Waals surface area contributed by atoms with Crippen LogP contribution in [0.25, 0.3) is 55.2 Å². The number of halogens is 8. The van der Waals surface area contributed by atoms with Gasteiger partial charge in [-0.15, -0.1) is 0 Å². The number of nitrogens with one attached hydrogen (secondary N) is 3. The molecule has 0 aliphatic carbocycles. The van der Waals surface area contributed by atoms with Crippen molar-refractivity contribution in [2.45, 2.75) is 51.9 Å². The van der Waals surface area contributed by atoms with Crippen LogP contribution in [0.3, 0.4) is 0 Å². The van der Waals surface area contributed by atoms with Gasteiger partial charge in [-0.2, -0.15) is 13.8 Å². The van der Waals surface area contributed by atoms with E-state index in [2.05, 4.69) is 279 Å². The van der Waals surface area contributed by atoms with Gasteiger partial charge < -0.3 is 52.1 Å². The molecule has 10 heterocycles. The maximum absolute atomic E-state index is 7.00. The molecule has 76 heavy (non-hydrogen) atoms. The number of fused-ring (bicyclic) bond motifs is 5. The molecule has 10 aromatic rings. The van der Waals surface area contributed by atoms with Gasteiger partial charge in [0, 0.05) is 194 Å². The van der Waals surface area contributed by atoms with Crippen molar-refractivity contribution in [1.82, 2.24) is 73.5 Å². The number of aliphatic hydroxyl groups excluding tert-OH is 1. The number of aliphatic hydroxyl groups is 1. The smallest absolute Gasteiger partial charge is 0.140 e. The molecule has 2 unspecified atom stereocenters. The van der Waals surface area contributed by atoms with Crippen LogP contribution in [0.1, 0.15) is 48.0 Å². The van der Waals surface area contributed by atoms with E-state index in [1.54, 1.807) is 65.2 Å². The number of ether oxygens (including phenoxy) is 2. The second-order valence-corrected chi connectivity index (χ2v) is 64.8. The molecule has 0 aliphatic heterocycles. The van der Waals surface area contributed by atoms with Crippen LogP contribution in [0.5, 0.6) is 11.5 Å². The quantitative estimate of drug-likeness (QED) is 0.0548. The number of methoxy groups -OCH3 is 2. The van der Waals surface area contributed by atoms with Crippen molar-refractivity contribution < 1.29 is 142 Å². The van der Waals surface area contributed by atoms with E-state index in [0.29, 0.717) is 9.47 Å². The SMILES string of the molecule is Brc1c[nH]c2ncncc12.CC(C)I.CCC.CO.COc1c[nH]c2ncncc12.COc1cn(P)c2ncncc12.Pn1cc(Br)c2cncnc21.[Ar].[Ar].[Ar].[CH2-]C.[CH2-]C.[I][V]([I])[I].[I][V][I].c1ncc2cc[nH]c2n1. The largest absolute Gasteiger partial charge is 0.346 e. The van der Waals surface area contributed by atoms with E-state index in [1.165, 1.54) is 38.1 Å². The zero-order valence-electron chi connectivity index (χ0n) is 42.2. The van der Waals surface area contributed by atoms with E-state index < -0.39 is 0 Å². The van der Waals surface area contributed by atoms with E-state index in [-0.39, 0.29) is 118 Å². The molecule has 10 rings (SSSR count). The first-order valence-electron chi connectivity index (χ1n) is 20.7. The van der Waals surface area contributed by atoms with Gasteiger partial charge in [0.2, 0.25) is 0 Å². The Labute approximate surface area is 638 Å². The van der Waals surface area contributed by atoms with Crippen molar-refractivity contribution >= 4 is 228 Å². The summed E-state index contributed by atoms with van der Waals surface area (Å²) in [6.07, 6.45) is 26.9. The van der Waals surface area contributed by atoms with Crippen LogP contribution in [-0.4, -0.2) is 104 Å². The summed E-state index contributed by atoms with van der Waals surface area (Å²) in [6, 6.07) is 1.94. The Kier molecular flexibility index (Phi) is 67.4. The van der Waals surface area contributed by atoms with Crippen LogP contribution < -0.4 is 9.47 Å². The second kappa shape index (κ2) is 57.9.